The summed E-state index contributed by atoms with van der Waals surface area (Å²) in [4.78, 5) is 0. The van der Waals surface area contributed by atoms with Gasteiger partial charge in [-0.3, -0.25) is 5.41 Å². The number of nitrogens with one attached hydrogen (secondary N) is 1. The fourth-order valence-electron chi connectivity index (χ4n) is 5.28. The normalized spacial score (nSPS) is 33.2. The lowest BCUT2D eigenvalue weighted by molar-refractivity contribution is -0.294. The van der Waals surface area contributed by atoms with Gasteiger partial charge in [-0.2, -0.15) is 15.8 Å². The molecule has 1 aromatic carbocycles. The summed E-state index contributed by atoms with van der Waals surface area (Å²) in [5.74, 6) is -1.12. The lowest BCUT2D eigenvalue weighted by Gasteiger charge is -2.51. The lowest BCUT2D eigenvalue weighted by atomic mass is 9.51. The SMILES string of the molecule is CCOc1ccc([C@@H]2O[C@@]34CCCC[C@@H]3[C@@](C#N)(C(=N)O4)C2(C#N)C#N)cc1OC. The van der Waals surface area contributed by atoms with Crippen LogP contribution >= 0.6 is 0 Å². The first-order valence-corrected chi connectivity index (χ1v) is 9.99. The molecule has 0 radical (unpaired) electrons. The maximum Gasteiger partial charge on any atom is 0.217 e. The molecule has 4 rings (SSSR count). The Morgan fingerprint density at radius 1 is 1.17 bits per heavy atom. The van der Waals surface area contributed by atoms with E-state index in [0.717, 1.165) is 12.8 Å². The molecule has 2 saturated heterocycles. The molecule has 0 unspecified atom stereocenters. The van der Waals surface area contributed by atoms with Gasteiger partial charge in [0.05, 0.1) is 37.8 Å². The molecule has 0 aromatic heterocycles. The molecule has 3 fully saturated rings. The fraction of sp³-hybridized carbons (Fsp3) is 0.545. The van der Waals surface area contributed by atoms with Crippen molar-refractivity contribution < 1.29 is 18.9 Å². The topological polar surface area (TPSA) is 132 Å². The zero-order valence-corrected chi connectivity index (χ0v) is 16.9. The molecule has 3 aliphatic rings. The molecule has 2 bridgehead atoms. The van der Waals surface area contributed by atoms with E-state index in [0.29, 0.717) is 36.5 Å². The van der Waals surface area contributed by atoms with Crippen molar-refractivity contribution in [2.24, 2.45) is 16.7 Å². The van der Waals surface area contributed by atoms with Gasteiger partial charge in [0.2, 0.25) is 17.1 Å². The summed E-state index contributed by atoms with van der Waals surface area (Å²) in [7, 11) is 1.50. The largest absolute Gasteiger partial charge is 0.493 e. The number of hydrogen-bond donors (Lipinski definition) is 1. The summed E-state index contributed by atoms with van der Waals surface area (Å²) in [6.07, 6.45) is 1.61. The highest BCUT2D eigenvalue weighted by Gasteiger charge is 2.80. The van der Waals surface area contributed by atoms with Crippen molar-refractivity contribution in [1.29, 1.82) is 21.2 Å². The van der Waals surface area contributed by atoms with Gasteiger partial charge in [0.15, 0.2) is 16.9 Å². The van der Waals surface area contributed by atoms with Gasteiger partial charge in [0, 0.05) is 6.42 Å². The van der Waals surface area contributed by atoms with Gasteiger partial charge >= 0.3 is 0 Å². The highest BCUT2D eigenvalue weighted by Crippen LogP contribution is 2.69. The molecule has 1 aromatic rings. The Labute approximate surface area is 175 Å². The lowest BCUT2D eigenvalue weighted by Crippen LogP contribution is -2.60. The highest BCUT2D eigenvalue weighted by molar-refractivity contribution is 5.89. The first-order valence-electron chi connectivity index (χ1n) is 9.99. The Balaban J connectivity index is 1.94. The monoisotopic (exact) mass is 406 g/mol. The van der Waals surface area contributed by atoms with Crippen molar-refractivity contribution >= 4 is 5.90 Å². The van der Waals surface area contributed by atoms with Crippen molar-refractivity contribution in [2.75, 3.05) is 13.7 Å². The van der Waals surface area contributed by atoms with Gasteiger partial charge in [-0.05, 0) is 37.5 Å². The molecule has 8 heteroatoms. The first kappa shape index (κ1) is 20.0. The molecule has 8 nitrogen and oxygen atoms in total. The van der Waals surface area contributed by atoms with Gasteiger partial charge < -0.3 is 18.9 Å². The molecule has 1 saturated carbocycles. The van der Waals surface area contributed by atoms with Crippen LogP contribution in [0.15, 0.2) is 18.2 Å². The number of methoxy groups -OCH3 is 1. The van der Waals surface area contributed by atoms with Crippen LogP contribution in [0.25, 0.3) is 0 Å². The van der Waals surface area contributed by atoms with Crippen molar-refractivity contribution in [3.05, 3.63) is 23.8 Å². The van der Waals surface area contributed by atoms with E-state index < -0.39 is 28.6 Å². The van der Waals surface area contributed by atoms with E-state index in [-0.39, 0.29) is 5.90 Å². The molecular weight excluding hydrogens is 384 g/mol. The van der Waals surface area contributed by atoms with Crippen LogP contribution in [0.5, 0.6) is 11.5 Å². The third-order valence-electron chi connectivity index (χ3n) is 6.61. The average molecular weight is 406 g/mol. The average Bonchev–Trinajstić information content (AvgIpc) is 2.98. The van der Waals surface area contributed by atoms with Gasteiger partial charge in [0.25, 0.3) is 0 Å². The van der Waals surface area contributed by atoms with Crippen molar-refractivity contribution in [3.63, 3.8) is 0 Å². The van der Waals surface area contributed by atoms with Crippen LogP contribution < -0.4 is 9.47 Å². The van der Waals surface area contributed by atoms with E-state index in [2.05, 4.69) is 18.2 Å². The highest BCUT2D eigenvalue weighted by atomic mass is 16.7. The van der Waals surface area contributed by atoms with Crippen molar-refractivity contribution in [2.45, 2.75) is 44.5 Å². The molecule has 2 heterocycles. The Bertz CT molecular complexity index is 1010. The minimum absolute atomic E-state index is 0.347. The third-order valence-corrected chi connectivity index (χ3v) is 6.61. The Morgan fingerprint density at radius 2 is 1.93 bits per heavy atom. The Morgan fingerprint density at radius 3 is 2.57 bits per heavy atom. The van der Waals surface area contributed by atoms with Crippen LogP contribution in [0, 0.1) is 56.2 Å². The second-order valence-electron chi connectivity index (χ2n) is 7.83. The zero-order valence-electron chi connectivity index (χ0n) is 16.9. The van der Waals surface area contributed by atoms with Gasteiger partial charge in [-0.25, -0.2) is 0 Å². The number of ether oxygens (including phenoxy) is 4. The molecule has 2 aliphatic heterocycles. The Kier molecular flexibility index (Phi) is 4.60. The van der Waals surface area contributed by atoms with E-state index in [1.54, 1.807) is 18.2 Å². The molecule has 1 N–H and O–H groups in total. The van der Waals surface area contributed by atoms with Crippen molar-refractivity contribution in [3.8, 4) is 29.7 Å². The summed E-state index contributed by atoms with van der Waals surface area (Å²) in [5, 5.41) is 39.3. The third kappa shape index (κ3) is 2.24. The molecule has 0 spiro atoms. The minimum Gasteiger partial charge on any atom is -0.493 e. The molecule has 1 aliphatic carbocycles. The predicted molar refractivity (Wildman–Crippen MR) is 103 cm³/mol. The summed E-state index contributed by atoms with van der Waals surface area (Å²) >= 11 is 0. The van der Waals surface area contributed by atoms with Crippen molar-refractivity contribution in [1.82, 2.24) is 0 Å². The van der Waals surface area contributed by atoms with E-state index in [1.807, 2.05) is 6.92 Å². The fourth-order valence-corrected chi connectivity index (χ4v) is 5.28. The van der Waals surface area contributed by atoms with Crippen LogP contribution in [0.2, 0.25) is 0 Å². The maximum atomic E-state index is 10.3. The smallest absolute Gasteiger partial charge is 0.217 e. The summed E-state index contributed by atoms with van der Waals surface area (Å²) in [6.45, 7) is 2.30. The van der Waals surface area contributed by atoms with Gasteiger partial charge in [0.1, 0.15) is 6.10 Å². The molecule has 154 valence electrons. The van der Waals surface area contributed by atoms with Crippen LogP contribution in [0.4, 0.5) is 0 Å². The van der Waals surface area contributed by atoms with E-state index in [9.17, 15) is 15.8 Å². The zero-order chi connectivity index (χ0) is 21.6. The number of nitriles is 3. The quantitative estimate of drug-likeness (QED) is 0.807. The van der Waals surface area contributed by atoms with Crippen LogP contribution in [0.3, 0.4) is 0 Å². The minimum atomic E-state index is -1.95. The van der Waals surface area contributed by atoms with Gasteiger partial charge in [-0.15, -0.1) is 0 Å². The molecule has 4 atom stereocenters. The second-order valence-corrected chi connectivity index (χ2v) is 7.83. The van der Waals surface area contributed by atoms with E-state index in [4.69, 9.17) is 24.4 Å². The number of benzene rings is 1. The van der Waals surface area contributed by atoms with Gasteiger partial charge in [-0.1, -0.05) is 12.5 Å². The van der Waals surface area contributed by atoms with Crippen LogP contribution in [-0.2, 0) is 9.47 Å². The number of hydrogen-bond acceptors (Lipinski definition) is 8. The van der Waals surface area contributed by atoms with E-state index >= 15 is 0 Å². The van der Waals surface area contributed by atoms with E-state index in [1.165, 1.54) is 7.11 Å². The number of rotatable bonds is 4. The maximum absolute atomic E-state index is 10.3. The van der Waals surface area contributed by atoms with Crippen LogP contribution in [0.1, 0.15) is 44.3 Å². The molecular formula is C22H22N4O4. The molecule has 30 heavy (non-hydrogen) atoms. The van der Waals surface area contributed by atoms with Crippen LogP contribution in [-0.4, -0.2) is 25.4 Å². The number of nitrogens with zero attached hydrogens (tertiary/aromatic N) is 3. The second kappa shape index (κ2) is 6.90. The summed E-state index contributed by atoms with van der Waals surface area (Å²) in [5.41, 5.74) is -3.15. The first-order chi connectivity index (χ1) is 14.5. The Hall–Kier alpha value is -3.28. The summed E-state index contributed by atoms with van der Waals surface area (Å²) in [6, 6.07) is 11.4. The standard InChI is InChI=1S/C22H22N4O4/c1-3-28-15-8-7-14(10-16(15)27-2)18-20(11-23,12-24)21(13-25)17-6-4-5-9-22(17,29-18)30-19(21)26/h7-8,10,17-18,26H,3-6,9H2,1-2H3/t17-,18+,21+,22-/m1/s1. The summed E-state index contributed by atoms with van der Waals surface area (Å²) < 4.78 is 23.3. The predicted octanol–water partition coefficient (Wildman–Crippen LogP) is 3.60. The molecule has 0 amide bonds.